The minimum absolute atomic E-state index is 0.267. The Labute approximate surface area is 167 Å². The van der Waals surface area contributed by atoms with Gasteiger partial charge in [0.15, 0.2) is 18.1 Å². The Morgan fingerprint density at radius 2 is 1.76 bits per heavy atom. The van der Waals surface area contributed by atoms with Crippen LogP contribution in [0.4, 0.5) is 0 Å². The molecule has 0 N–H and O–H groups in total. The highest BCUT2D eigenvalue weighted by Crippen LogP contribution is 2.33. The molecule has 0 spiro atoms. The number of aryl methyl sites for hydroxylation is 2. The molecule has 7 heteroatoms. The first-order chi connectivity index (χ1) is 14.0. The zero-order chi connectivity index (χ0) is 20.5. The second kappa shape index (κ2) is 7.50. The third-order valence-corrected chi connectivity index (χ3v) is 4.93. The van der Waals surface area contributed by atoms with Crippen molar-refractivity contribution in [1.29, 1.82) is 0 Å². The quantitative estimate of drug-likeness (QED) is 0.483. The summed E-state index contributed by atoms with van der Waals surface area (Å²) in [5.41, 5.74) is 3.35. The number of aromatic nitrogens is 1. The van der Waals surface area contributed by atoms with E-state index >= 15 is 0 Å². The molecule has 1 aliphatic heterocycles. The number of esters is 1. The number of rotatable bonds is 5. The Kier molecular flexibility index (Phi) is 4.88. The van der Waals surface area contributed by atoms with Crippen LogP contribution in [-0.4, -0.2) is 36.1 Å². The first kappa shape index (κ1) is 18.9. The SMILES string of the molecule is Cc1occc1C(=O)OCC(=O)c1cc(C)n(-c2ccc3c(c2)OCCO3)c1C. The van der Waals surface area contributed by atoms with Crippen molar-refractivity contribution < 1.29 is 28.2 Å². The number of hydrogen-bond donors (Lipinski definition) is 0. The topological polar surface area (TPSA) is 79.9 Å². The van der Waals surface area contributed by atoms with Crippen LogP contribution in [0.5, 0.6) is 11.5 Å². The van der Waals surface area contributed by atoms with E-state index in [9.17, 15) is 9.59 Å². The lowest BCUT2D eigenvalue weighted by molar-refractivity contribution is 0.0472. The molecule has 0 saturated heterocycles. The summed E-state index contributed by atoms with van der Waals surface area (Å²) in [6.45, 7) is 6.14. The van der Waals surface area contributed by atoms with Crippen LogP contribution in [0, 0.1) is 20.8 Å². The first-order valence-electron chi connectivity index (χ1n) is 9.29. The Morgan fingerprint density at radius 3 is 2.48 bits per heavy atom. The zero-order valence-electron chi connectivity index (χ0n) is 16.5. The van der Waals surface area contributed by atoms with Gasteiger partial charge in [-0.05, 0) is 45.0 Å². The van der Waals surface area contributed by atoms with Crippen molar-refractivity contribution >= 4 is 11.8 Å². The van der Waals surface area contributed by atoms with Gasteiger partial charge in [0, 0.05) is 28.7 Å². The molecule has 0 fully saturated rings. The molecule has 3 aromatic rings. The summed E-state index contributed by atoms with van der Waals surface area (Å²) in [6, 6.07) is 8.99. The lowest BCUT2D eigenvalue weighted by atomic mass is 10.1. The van der Waals surface area contributed by atoms with Gasteiger partial charge in [-0.25, -0.2) is 4.79 Å². The Morgan fingerprint density at radius 1 is 1.00 bits per heavy atom. The molecule has 0 amide bonds. The predicted molar refractivity (Wildman–Crippen MR) is 104 cm³/mol. The highest BCUT2D eigenvalue weighted by atomic mass is 16.6. The van der Waals surface area contributed by atoms with E-state index in [1.165, 1.54) is 12.3 Å². The van der Waals surface area contributed by atoms with Gasteiger partial charge in [0.25, 0.3) is 0 Å². The highest BCUT2D eigenvalue weighted by molar-refractivity contribution is 6.00. The second-order valence-corrected chi connectivity index (χ2v) is 6.84. The van der Waals surface area contributed by atoms with Crippen molar-refractivity contribution in [3.63, 3.8) is 0 Å². The molecule has 0 aliphatic carbocycles. The van der Waals surface area contributed by atoms with E-state index in [-0.39, 0.29) is 12.4 Å². The van der Waals surface area contributed by atoms with Gasteiger partial charge >= 0.3 is 5.97 Å². The number of carbonyl (C=O) groups excluding carboxylic acids is 2. The maximum absolute atomic E-state index is 12.7. The number of Topliss-reactive ketones (excluding diaryl/α,β-unsaturated/α-hetero) is 1. The van der Waals surface area contributed by atoms with Crippen LogP contribution in [0.25, 0.3) is 5.69 Å². The summed E-state index contributed by atoms with van der Waals surface area (Å²) in [6.07, 6.45) is 1.41. The van der Waals surface area contributed by atoms with Gasteiger partial charge in [-0.3, -0.25) is 4.79 Å². The number of ether oxygens (including phenoxy) is 3. The van der Waals surface area contributed by atoms with Gasteiger partial charge in [0.1, 0.15) is 24.5 Å². The third kappa shape index (κ3) is 3.51. The Balaban J connectivity index is 1.55. The number of furan rings is 1. The van der Waals surface area contributed by atoms with E-state index in [0.29, 0.717) is 41.6 Å². The molecule has 29 heavy (non-hydrogen) atoms. The molecule has 0 radical (unpaired) electrons. The van der Waals surface area contributed by atoms with Crippen LogP contribution in [-0.2, 0) is 4.74 Å². The summed E-state index contributed by atoms with van der Waals surface area (Å²) >= 11 is 0. The smallest absolute Gasteiger partial charge is 0.342 e. The molecule has 2 aromatic heterocycles. The van der Waals surface area contributed by atoms with E-state index in [2.05, 4.69) is 0 Å². The second-order valence-electron chi connectivity index (χ2n) is 6.84. The van der Waals surface area contributed by atoms with Gasteiger partial charge in [0.05, 0.1) is 6.26 Å². The maximum Gasteiger partial charge on any atom is 0.342 e. The lowest BCUT2D eigenvalue weighted by Crippen LogP contribution is -2.16. The van der Waals surface area contributed by atoms with Gasteiger partial charge in [-0.1, -0.05) is 0 Å². The molecular formula is C22H21NO6. The standard InChI is InChI=1S/C22H21NO6/c1-13-10-18(19(24)12-29-22(25)17-6-7-26-15(17)3)14(2)23(13)16-4-5-20-21(11-16)28-9-8-27-20/h4-7,10-11H,8-9,12H2,1-3H3. The fraction of sp³-hybridized carbons (Fsp3) is 0.273. The number of nitrogens with zero attached hydrogens (tertiary/aromatic N) is 1. The number of hydrogen-bond acceptors (Lipinski definition) is 6. The zero-order valence-corrected chi connectivity index (χ0v) is 16.5. The first-order valence-corrected chi connectivity index (χ1v) is 9.29. The molecule has 7 nitrogen and oxygen atoms in total. The van der Waals surface area contributed by atoms with Crippen molar-refractivity contribution in [1.82, 2.24) is 4.57 Å². The van der Waals surface area contributed by atoms with E-state index < -0.39 is 5.97 Å². The fourth-order valence-electron chi connectivity index (χ4n) is 3.50. The highest BCUT2D eigenvalue weighted by Gasteiger charge is 2.21. The molecule has 0 unspecified atom stereocenters. The van der Waals surface area contributed by atoms with Crippen LogP contribution < -0.4 is 9.47 Å². The largest absolute Gasteiger partial charge is 0.486 e. The van der Waals surface area contributed by atoms with Gasteiger partial charge in [-0.15, -0.1) is 0 Å². The van der Waals surface area contributed by atoms with Gasteiger partial charge in [-0.2, -0.15) is 0 Å². The summed E-state index contributed by atoms with van der Waals surface area (Å²) in [4.78, 5) is 24.8. The number of fused-ring (bicyclic) bond motifs is 1. The van der Waals surface area contributed by atoms with Crippen molar-refractivity contribution in [2.45, 2.75) is 20.8 Å². The molecule has 0 atom stereocenters. The van der Waals surface area contributed by atoms with Crippen molar-refractivity contribution in [2.24, 2.45) is 0 Å². The van der Waals surface area contributed by atoms with Crippen LogP contribution in [0.1, 0.15) is 37.9 Å². The molecule has 1 aromatic carbocycles. The van der Waals surface area contributed by atoms with E-state index in [4.69, 9.17) is 18.6 Å². The number of ketones is 1. The lowest BCUT2D eigenvalue weighted by Gasteiger charge is -2.20. The summed E-state index contributed by atoms with van der Waals surface area (Å²) in [5.74, 6) is 1.000. The fourth-order valence-corrected chi connectivity index (χ4v) is 3.50. The molecular weight excluding hydrogens is 374 g/mol. The molecule has 4 rings (SSSR count). The normalized spacial score (nSPS) is 12.7. The van der Waals surface area contributed by atoms with Crippen LogP contribution in [0.15, 0.2) is 41.0 Å². The maximum atomic E-state index is 12.7. The van der Waals surface area contributed by atoms with Crippen LogP contribution in [0.2, 0.25) is 0 Å². The molecule has 150 valence electrons. The molecule has 3 heterocycles. The molecule has 0 saturated carbocycles. The average molecular weight is 395 g/mol. The summed E-state index contributed by atoms with van der Waals surface area (Å²) in [5, 5.41) is 0. The van der Waals surface area contributed by atoms with Crippen molar-refractivity contribution in [2.75, 3.05) is 19.8 Å². The van der Waals surface area contributed by atoms with E-state index in [1.54, 1.807) is 13.0 Å². The average Bonchev–Trinajstić information content (AvgIpc) is 3.28. The van der Waals surface area contributed by atoms with E-state index in [0.717, 1.165) is 17.1 Å². The monoisotopic (exact) mass is 395 g/mol. The number of benzene rings is 1. The number of carbonyl (C=O) groups is 2. The van der Waals surface area contributed by atoms with Crippen molar-refractivity contribution in [3.8, 4) is 17.2 Å². The van der Waals surface area contributed by atoms with E-state index in [1.807, 2.05) is 36.6 Å². The van der Waals surface area contributed by atoms with Crippen LogP contribution in [0.3, 0.4) is 0 Å². The minimum atomic E-state index is -0.578. The van der Waals surface area contributed by atoms with Crippen molar-refractivity contribution in [3.05, 3.63) is 64.9 Å². The van der Waals surface area contributed by atoms with Gasteiger partial charge < -0.3 is 23.2 Å². The summed E-state index contributed by atoms with van der Waals surface area (Å²) in [7, 11) is 0. The Bertz CT molecular complexity index is 1090. The predicted octanol–water partition coefficient (Wildman–Crippen LogP) is 3.81. The molecule has 1 aliphatic rings. The Hall–Kier alpha value is -3.48. The van der Waals surface area contributed by atoms with Crippen LogP contribution >= 0.6 is 0 Å². The third-order valence-electron chi connectivity index (χ3n) is 4.93. The van der Waals surface area contributed by atoms with Gasteiger partial charge in [0.2, 0.25) is 5.78 Å². The minimum Gasteiger partial charge on any atom is -0.486 e. The summed E-state index contributed by atoms with van der Waals surface area (Å²) < 4.78 is 23.5. The molecule has 0 bridgehead atoms.